The van der Waals surface area contributed by atoms with E-state index >= 15 is 0 Å². The molecule has 0 spiro atoms. The maximum atomic E-state index is 12.1. The van der Waals surface area contributed by atoms with E-state index in [1.54, 1.807) is 0 Å². The van der Waals surface area contributed by atoms with Gasteiger partial charge in [0, 0.05) is 6.54 Å². The smallest absolute Gasteiger partial charge is 0.237 e. The zero-order chi connectivity index (χ0) is 15.1. The van der Waals surface area contributed by atoms with E-state index in [2.05, 4.69) is 12.2 Å². The number of rotatable bonds is 7. The van der Waals surface area contributed by atoms with Crippen LogP contribution >= 0.6 is 0 Å². The second-order valence-corrected chi connectivity index (χ2v) is 5.39. The van der Waals surface area contributed by atoms with Crippen LogP contribution in [0.1, 0.15) is 37.0 Å². The van der Waals surface area contributed by atoms with Crippen LogP contribution in [0.15, 0.2) is 24.3 Å². The van der Waals surface area contributed by atoms with Gasteiger partial charge in [0.15, 0.2) is 0 Å². The molecule has 1 aromatic carbocycles. The zero-order valence-corrected chi connectivity index (χ0v) is 12.9. The lowest BCUT2D eigenvalue weighted by molar-refractivity contribution is -0.126. The second-order valence-electron chi connectivity index (χ2n) is 5.39. The number of aliphatic hydroxyl groups is 1. The first kappa shape index (κ1) is 16.7. The predicted molar refractivity (Wildman–Crippen MR) is 81.5 cm³/mol. The molecule has 0 saturated heterocycles. The highest BCUT2D eigenvalue weighted by molar-refractivity contribution is 5.81. The predicted octanol–water partition coefficient (Wildman–Crippen LogP) is 1.87. The van der Waals surface area contributed by atoms with Crippen LogP contribution in [0, 0.1) is 6.92 Å². The molecule has 2 atom stereocenters. The fraction of sp³-hybridized carbons (Fsp3) is 0.562. The molecule has 0 saturated carbocycles. The molecule has 112 valence electrons. The van der Waals surface area contributed by atoms with Crippen LogP contribution < -0.4 is 5.32 Å². The van der Waals surface area contributed by atoms with E-state index in [4.69, 9.17) is 0 Å². The molecular weight excluding hydrogens is 252 g/mol. The highest BCUT2D eigenvalue weighted by atomic mass is 16.3. The van der Waals surface area contributed by atoms with Crippen LogP contribution in [0.4, 0.5) is 0 Å². The van der Waals surface area contributed by atoms with Gasteiger partial charge in [-0.15, -0.1) is 0 Å². The highest BCUT2D eigenvalue weighted by Gasteiger charge is 2.20. The monoisotopic (exact) mass is 278 g/mol. The maximum Gasteiger partial charge on any atom is 0.237 e. The summed E-state index contributed by atoms with van der Waals surface area (Å²) in [5, 5.41) is 13.0. The molecule has 0 heterocycles. The average molecular weight is 278 g/mol. The SMILES string of the molecule is CCCC(C(=O)NCC(O)c1ccccc1C)N(C)C. The standard InChI is InChI=1S/C16H26N2O2/c1-5-8-14(18(3)4)16(20)17-11-15(19)13-10-7-6-9-12(13)2/h6-7,9-10,14-15,19H,5,8,11H2,1-4H3,(H,17,20). The molecule has 0 aromatic heterocycles. The first-order chi connectivity index (χ1) is 9.47. The maximum absolute atomic E-state index is 12.1. The van der Waals surface area contributed by atoms with Crippen molar-refractivity contribution in [2.75, 3.05) is 20.6 Å². The van der Waals surface area contributed by atoms with E-state index in [-0.39, 0.29) is 18.5 Å². The summed E-state index contributed by atoms with van der Waals surface area (Å²) in [6, 6.07) is 7.55. The van der Waals surface area contributed by atoms with Crippen molar-refractivity contribution in [1.82, 2.24) is 10.2 Å². The lowest BCUT2D eigenvalue weighted by atomic mass is 10.0. The number of hydrogen-bond acceptors (Lipinski definition) is 3. The van der Waals surface area contributed by atoms with Gasteiger partial charge >= 0.3 is 0 Å². The van der Waals surface area contributed by atoms with Gasteiger partial charge in [-0.05, 0) is 38.6 Å². The number of amides is 1. The number of benzene rings is 1. The second kappa shape index (κ2) is 8.02. The number of aliphatic hydroxyl groups excluding tert-OH is 1. The number of nitrogens with one attached hydrogen (secondary N) is 1. The third-order valence-electron chi connectivity index (χ3n) is 3.51. The van der Waals surface area contributed by atoms with Crippen molar-refractivity contribution in [3.8, 4) is 0 Å². The van der Waals surface area contributed by atoms with E-state index in [0.29, 0.717) is 0 Å². The fourth-order valence-electron chi connectivity index (χ4n) is 2.28. The molecule has 4 heteroatoms. The lowest BCUT2D eigenvalue weighted by Gasteiger charge is -2.24. The van der Waals surface area contributed by atoms with Gasteiger partial charge in [-0.3, -0.25) is 9.69 Å². The molecule has 2 unspecified atom stereocenters. The van der Waals surface area contributed by atoms with Crippen LogP contribution in [-0.2, 0) is 4.79 Å². The van der Waals surface area contributed by atoms with Gasteiger partial charge in [0.2, 0.25) is 5.91 Å². The molecule has 1 rings (SSSR count). The van der Waals surface area contributed by atoms with Crippen molar-refractivity contribution in [1.29, 1.82) is 0 Å². The molecule has 0 bridgehead atoms. The first-order valence-electron chi connectivity index (χ1n) is 7.15. The van der Waals surface area contributed by atoms with E-state index in [0.717, 1.165) is 24.0 Å². The minimum absolute atomic E-state index is 0.0236. The molecule has 0 radical (unpaired) electrons. The largest absolute Gasteiger partial charge is 0.387 e. The number of aryl methyl sites for hydroxylation is 1. The van der Waals surface area contributed by atoms with Gasteiger partial charge < -0.3 is 10.4 Å². The summed E-state index contributed by atoms with van der Waals surface area (Å²) >= 11 is 0. The number of likely N-dealkylation sites (N-methyl/N-ethyl adjacent to an activating group) is 1. The van der Waals surface area contributed by atoms with Crippen molar-refractivity contribution in [3.05, 3.63) is 35.4 Å². The van der Waals surface area contributed by atoms with Gasteiger partial charge in [-0.25, -0.2) is 0 Å². The lowest BCUT2D eigenvalue weighted by Crippen LogP contribution is -2.44. The van der Waals surface area contributed by atoms with Gasteiger partial charge in [0.05, 0.1) is 12.1 Å². The summed E-state index contributed by atoms with van der Waals surface area (Å²) in [4.78, 5) is 14.0. The van der Waals surface area contributed by atoms with Crippen LogP contribution in [0.3, 0.4) is 0 Å². The third-order valence-corrected chi connectivity index (χ3v) is 3.51. The molecule has 0 aliphatic heterocycles. The Hall–Kier alpha value is -1.39. The van der Waals surface area contributed by atoms with Gasteiger partial charge in [-0.1, -0.05) is 37.6 Å². The van der Waals surface area contributed by atoms with Crippen LogP contribution in [0.5, 0.6) is 0 Å². The van der Waals surface area contributed by atoms with Crippen LogP contribution in [0.25, 0.3) is 0 Å². The number of carbonyl (C=O) groups excluding carboxylic acids is 1. The summed E-state index contributed by atoms with van der Waals surface area (Å²) in [5.41, 5.74) is 1.90. The molecule has 4 nitrogen and oxygen atoms in total. The van der Waals surface area contributed by atoms with E-state index in [1.165, 1.54) is 0 Å². The molecule has 0 aliphatic rings. The highest BCUT2D eigenvalue weighted by Crippen LogP contribution is 2.16. The van der Waals surface area contributed by atoms with E-state index < -0.39 is 6.10 Å². The molecule has 0 fully saturated rings. The van der Waals surface area contributed by atoms with Gasteiger partial charge in [0.1, 0.15) is 0 Å². The van der Waals surface area contributed by atoms with Crippen molar-refractivity contribution in [2.24, 2.45) is 0 Å². The Labute approximate surface area is 121 Å². The van der Waals surface area contributed by atoms with Crippen LogP contribution in [0.2, 0.25) is 0 Å². The Kier molecular flexibility index (Phi) is 6.68. The minimum atomic E-state index is -0.662. The summed E-state index contributed by atoms with van der Waals surface area (Å²) < 4.78 is 0. The van der Waals surface area contributed by atoms with Crippen LogP contribution in [-0.4, -0.2) is 42.6 Å². The molecular formula is C16H26N2O2. The Balaban J connectivity index is 2.58. The van der Waals surface area contributed by atoms with Gasteiger partial charge in [-0.2, -0.15) is 0 Å². The molecule has 1 amide bonds. The normalized spacial score (nSPS) is 14.1. The van der Waals surface area contributed by atoms with Crippen molar-refractivity contribution in [3.63, 3.8) is 0 Å². The quantitative estimate of drug-likeness (QED) is 0.800. The van der Waals surface area contributed by atoms with E-state index in [9.17, 15) is 9.90 Å². The Bertz CT molecular complexity index is 432. The molecule has 0 aliphatic carbocycles. The Morgan fingerprint density at radius 1 is 1.35 bits per heavy atom. The molecule has 1 aromatic rings. The summed E-state index contributed by atoms with van der Waals surface area (Å²) in [5.74, 6) is -0.0236. The zero-order valence-electron chi connectivity index (χ0n) is 12.9. The summed E-state index contributed by atoms with van der Waals surface area (Å²) in [6.07, 6.45) is 1.11. The van der Waals surface area contributed by atoms with Crippen molar-refractivity contribution in [2.45, 2.75) is 38.8 Å². The topological polar surface area (TPSA) is 52.6 Å². The number of nitrogens with zero attached hydrogens (tertiary/aromatic N) is 1. The minimum Gasteiger partial charge on any atom is -0.387 e. The Morgan fingerprint density at radius 3 is 2.55 bits per heavy atom. The summed E-state index contributed by atoms with van der Waals surface area (Å²) in [7, 11) is 3.80. The van der Waals surface area contributed by atoms with Gasteiger partial charge in [0.25, 0.3) is 0 Å². The van der Waals surface area contributed by atoms with Crippen molar-refractivity contribution < 1.29 is 9.90 Å². The average Bonchev–Trinajstić information content (AvgIpc) is 2.42. The van der Waals surface area contributed by atoms with E-state index in [1.807, 2.05) is 50.2 Å². The Morgan fingerprint density at radius 2 is 2.00 bits per heavy atom. The molecule has 2 N–H and O–H groups in total. The number of carbonyl (C=O) groups is 1. The summed E-state index contributed by atoms with van der Waals surface area (Å²) in [6.45, 7) is 4.27. The number of hydrogen-bond donors (Lipinski definition) is 2. The van der Waals surface area contributed by atoms with Crippen molar-refractivity contribution >= 4 is 5.91 Å². The first-order valence-corrected chi connectivity index (χ1v) is 7.15. The molecule has 20 heavy (non-hydrogen) atoms. The fourth-order valence-corrected chi connectivity index (χ4v) is 2.28. The third kappa shape index (κ3) is 4.62.